The molecule has 1 N–H and O–H groups in total. The molecule has 5 rings (SSSR count). The van der Waals surface area contributed by atoms with Crippen molar-refractivity contribution in [1.29, 1.82) is 0 Å². The summed E-state index contributed by atoms with van der Waals surface area (Å²) >= 11 is 0. The van der Waals surface area contributed by atoms with Gasteiger partial charge in [-0.3, -0.25) is 9.69 Å². The normalized spacial score (nSPS) is 17.7. The van der Waals surface area contributed by atoms with E-state index in [1.807, 2.05) is 73.7 Å². The highest BCUT2D eigenvalue weighted by atomic mass is 16.5. The fourth-order valence-electron chi connectivity index (χ4n) is 5.09. The molecule has 1 saturated heterocycles. The van der Waals surface area contributed by atoms with E-state index in [1.54, 1.807) is 0 Å². The third-order valence-corrected chi connectivity index (χ3v) is 7.24. The van der Waals surface area contributed by atoms with Gasteiger partial charge in [0.1, 0.15) is 17.6 Å². The van der Waals surface area contributed by atoms with Crippen molar-refractivity contribution in [2.45, 2.75) is 44.9 Å². The summed E-state index contributed by atoms with van der Waals surface area (Å²) < 4.78 is 17.5. The largest absolute Gasteiger partial charge is 0.494 e. The Morgan fingerprint density at radius 3 is 2.47 bits per heavy atom. The second-order valence-corrected chi connectivity index (χ2v) is 9.93. The van der Waals surface area contributed by atoms with Crippen LogP contribution in [0.15, 0.2) is 78.4 Å². The number of nitrogens with zero attached hydrogens (tertiary/aromatic N) is 1. The Hall–Kier alpha value is -3.61. The Bertz CT molecular complexity index is 1250. The molecule has 38 heavy (non-hydrogen) atoms. The van der Waals surface area contributed by atoms with Gasteiger partial charge in [-0.1, -0.05) is 42.5 Å². The molecule has 0 spiro atoms. The Labute approximate surface area is 225 Å². The van der Waals surface area contributed by atoms with Crippen molar-refractivity contribution in [3.8, 4) is 11.5 Å². The fraction of sp³-hybridized carbons (Fsp3) is 0.344. The first-order valence-corrected chi connectivity index (χ1v) is 13.5. The monoisotopic (exact) mass is 512 g/mol. The molecule has 2 aliphatic rings. The van der Waals surface area contributed by atoms with Gasteiger partial charge in [-0.15, -0.1) is 0 Å². The van der Waals surface area contributed by atoms with Crippen LogP contribution in [0.3, 0.4) is 0 Å². The first-order valence-electron chi connectivity index (χ1n) is 13.5. The van der Waals surface area contributed by atoms with Gasteiger partial charge in [0.15, 0.2) is 0 Å². The first-order chi connectivity index (χ1) is 18.6. The molecule has 3 aromatic rings. The second kappa shape index (κ2) is 12.3. The summed E-state index contributed by atoms with van der Waals surface area (Å²) in [6, 6.07) is 24.5. The predicted molar refractivity (Wildman–Crippen MR) is 150 cm³/mol. The fourth-order valence-corrected chi connectivity index (χ4v) is 5.09. The topological polar surface area (TPSA) is 60.0 Å². The van der Waals surface area contributed by atoms with Gasteiger partial charge in [0, 0.05) is 49.0 Å². The molecule has 0 aliphatic carbocycles. The molecular weight excluding hydrogens is 476 g/mol. The van der Waals surface area contributed by atoms with Gasteiger partial charge in [-0.05, 0) is 74.3 Å². The summed E-state index contributed by atoms with van der Waals surface area (Å²) in [4.78, 5) is 15.8. The lowest BCUT2D eigenvalue weighted by atomic mass is 10.00. The molecular formula is C32H36N2O4. The number of carbonyl (C=O) groups is 1. The zero-order chi connectivity index (χ0) is 26.3. The van der Waals surface area contributed by atoms with Crippen molar-refractivity contribution < 1.29 is 19.0 Å². The lowest BCUT2D eigenvalue weighted by Gasteiger charge is -2.31. The van der Waals surface area contributed by atoms with Gasteiger partial charge in [-0.25, -0.2) is 0 Å². The van der Waals surface area contributed by atoms with Crippen LogP contribution in [0.5, 0.6) is 11.5 Å². The van der Waals surface area contributed by atoms with E-state index in [0.717, 1.165) is 60.9 Å². The zero-order valence-electron chi connectivity index (χ0n) is 22.2. The zero-order valence-corrected chi connectivity index (χ0v) is 22.2. The van der Waals surface area contributed by atoms with Crippen molar-refractivity contribution in [3.63, 3.8) is 0 Å². The first kappa shape index (κ1) is 26.0. The van der Waals surface area contributed by atoms with E-state index < -0.39 is 0 Å². The van der Waals surface area contributed by atoms with Crippen molar-refractivity contribution >= 4 is 17.7 Å². The number of ether oxygens (including phenoxy) is 3. The Morgan fingerprint density at radius 1 is 1.00 bits per heavy atom. The van der Waals surface area contributed by atoms with Crippen molar-refractivity contribution in [1.82, 2.24) is 4.90 Å². The average molecular weight is 513 g/mol. The Balaban J connectivity index is 1.28. The smallest absolute Gasteiger partial charge is 0.251 e. The summed E-state index contributed by atoms with van der Waals surface area (Å²) in [6.07, 6.45) is 4.27. The molecule has 198 valence electrons. The SMILES string of the molecule is CCOc1ccc(C2CC(C(=O)Nc3ccc(CN(C)C4CCOCC4)cc3)=Cc3ccccc3O2)cc1. The van der Waals surface area contributed by atoms with Crippen LogP contribution in [0.2, 0.25) is 0 Å². The van der Waals surface area contributed by atoms with E-state index in [0.29, 0.717) is 24.6 Å². The molecule has 0 saturated carbocycles. The van der Waals surface area contributed by atoms with E-state index in [2.05, 4.69) is 29.4 Å². The molecule has 1 unspecified atom stereocenters. The highest BCUT2D eigenvalue weighted by Gasteiger charge is 2.24. The maximum absolute atomic E-state index is 13.4. The molecule has 3 aromatic carbocycles. The van der Waals surface area contributed by atoms with Crippen LogP contribution in [0, 0.1) is 0 Å². The quantitative estimate of drug-likeness (QED) is 0.387. The number of rotatable bonds is 8. The second-order valence-electron chi connectivity index (χ2n) is 9.93. The number of anilines is 1. The lowest BCUT2D eigenvalue weighted by Crippen LogP contribution is -2.36. The number of fused-ring (bicyclic) bond motifs is 1. The van der Waals surface area contributed by atoms with Crippen LogP contribution in [-0.2, 0) is 16.1 Å². The van der Waals surface area contributed by atoms with Gasteiger partial charge in [0.25, 0.3) is 5.91 Å². The Morgan fingerprint density at radius 2 is 1.74 bits per heavy atom. The number of carbonyl (C=O) groups excluding carboxylic acids is 1. The standard InChI is InChI=1S/C32H36N2O4/c1-3-37-29-14-10-24(11-15-29)31-21-26(20-25-6-4-5-7-30(25)38-31)32(35)33-27-12-8-23(9-13-27)22-34(2)28-16-18-36-19-17-28/h4-15,20,28,31H,3,16-19,21-22H2,1-2H3,(H,33,35). The maximum Gasteiger partial charge on any atom is 0.251 e. The van der Waals surface area contributed by atoms with E-state index in [1.165, 1.54) is 5.56 Å². The molecule has 1 atom stereocenters. The van der Waals surface area contributed by atoms with Gasteiger partial charge in [-0.2, -0.15) is 0 Å². The van der Waals surface area contributed by atoms with Crippen LogP contribution in [-0.4, -0.2) is 43.7 Å². The van der Waals surface area contributed by atoms with Crippen molar-refractivity contribution in [2.24, 2.45) is 0 Å². The summed E-state index contributed by atoms with van der Waals surface area (Å²) in [6.45, 7) is 5.14. The van der Waals surface area contributed by atoms with E-state index >= 15 is 0 Å². The summed E-state index contributed by atoms with van der Waals surface area (Å²) in [5.41, 5.74) is 4.59. The number of benzene rings is 3. The number of hydrogen-bond donors (Lipinski definition) is 1. The summed E-state index contributed by atoms with van der Waals surface area (Å²) in [5, 5.41) is 3.10. The third-order valence-electron chi connectivity index (χ3n) is 7.24. The maximum atomic E-state index is 13.4. The molecule has 0 radical (unpaired) electrons. The minimum absolute atomic E-state index is 0.117. The number of hydrogen-bond acceptors (Lipinski definition) is 5. The van der Waals surface area contributed by atoms with Crippen molar-refractivity contribution in [2.75, 3.05) is 32.2 Å². The van der Waals surface area contributed by atoms with Crippen LogP contribution < -0.4 is 14.8 Å². The highest BCUT2D eigenvalue weighted by Crippen LogP contribution is 2.36. The lowest BCUT2D eigenvalue weighted by molar-refractivity contribution is -0.113. The van der Waals surface area contributed by atoms with Crippen molar-refractivity contribution in [3.05, 3.63) is 95.1 Å². The van der Waals surface area contributed by atoms with Crippen LogP contribution in [0.1, 0.15) is 49.0 Å². The van der Waals surface area contributed by atoms with Gasteiger partial charge in [0.2, 0.25) is 0 Å². The van der Waals surface area contributed by atoms with Crippen LogP contribution in [0.25, 0.3) is 6.08 Å². The Kier molecular flexibility index (Phi) is 8.41. The van der Waals surface area contributed by atoms with Gasteiger partial charge < -0.3 is 19.5 Å². The molecule has 1 amide bonds. The molecule has 2 aliphatic heterocycles. The highest BCUT2D eigenvalue weighted by molar-refractivity contribution is 6.07. The molecule has 6 heteroatoms. The number of nitrogens with one attached hydrogen (secondary N) is 1. The van der Waals surface area contributed by atoms with Crippen LogP contribution >= 0.6 is 0 Å². The third kappa shape index (κ3) is 6.44. The summed E-state index contributed by atoms with van der Waals surface area (Å²) in [7, 11) is 2.17. The van der Waals surface area contributed by atoms with E-state index in [4.69, 9.17) is 14.2 Å². The molecule has 6 nitrogen and oxygen atoms in total. The molecule has 0 aromatic heterocycles. The molecule has 2 heterocycles. The molecule has 1 fully saturated rings. The van der Waals surface area contributed by atoms with Crippen LogP contribution in [0.4, 0.5) is 5.69 Å². The minimum atomic E-state index is -0.283. The average Bonchev–Trinajstić information content (AvgIpc) is 3.15. The summed E-state index contributed by atoms with van der Waals surface area (Å²) in [5.74, 6) is 1.47. The van der Waals surface area contributed by atoms with Gasteiger partial charge >= 0.3 is 0 Å². The molecule has 0 bridgehead atoms. The number of para-hydroxylation sites is 1. The number of amides is 1. The van der Waals surface area contributed by atoms with E-state index in [9.17, 15) is 4.79 Å². The van der Waals surface area contributed by atoms with Gasteiger partial charge in [0.05, 0.1) is 6.61 Å². The minimum Gasteiger partial charge on any atom is -0.494 e. The predicted octanol–water partition coefficient (Wildman–Crippen LogP) is 6.24. The van der Waals surface area contributed by atoms with E-state index in [-0.39, 0.29) is 12.0 Å².